The Balaban J connectivity index is 1.42. The van der Waals surface area contributed by atoms with E-state index in [1.807, 2.05) is 43.4 Å². The number of fused-ring (bicyclic) bond motifs is 1. The molecule has 0 aliphatic carbocycles. The fraction of sp³-hybridized carbons (Fsp3) is 0.455. The van der Waals surface area contributed by atoms with Crippen LogP contribution >= 0.6 is 0 Å². The number of methoxy groups -OCH3 is 2. The highest BCUT2D eigenvalue weighted by Crippen LogP contribution is 2.31. The van der Waals surface area contributed by atoms with Crippen LogP contribution in [0.4, 0.5) is 0 Å². The zero-order chi connectivity index (χ0) is 20.6. The van der Waals surface area contributed by atoms with Crippen LogP contribution < -0.4 is 18.9 Å². The van der Waals surface area contributed by atoms with E-state index in [0.29, 0.717) is 44.4 Å². The minimum atomic E-state index is -0.586. The summed E-state index contributed by atoms with van der Waals surface area (Å²) in [5.74, 6) is 2.90. The second kappa shape index (κ2) is 10.3. The van der Waals surface area contributed by atoms with Gasteiger partial charge in [0.05, 0.1) is 33.5 Å². The maximum atomic E-state index is 10.3. The van der Waals surface area contributed by atoms with Crippen molar-refractivity contribution in [3.63, 3.8) is 0 Å². The Bertz CT molecular complexity index is 797. The fourth-order valence-corrected chi connectivity index (χ4v) is 3.26. The Labute approximate surface area is 171 Å². The van der Waals surface area contributed by atoms with Crippen molar-refractivity contribution >= 4 is 0 Å². The Morgan fingerprint density at radius 1 is 0.966 bits per heavy atom. The Morgan fingerprint density at radius 2 is 1.69 bits per heavy atom. The van der Waals surface area contributed by atoms with Crippen molar-refractivity contribution in [3.05, 3.63) is 47.5 Å². The van der Waals surface area contributed by atoms with Gasteiger partial charge in [-0.2, -0.15) is 0 Å². The average molecular weight is 403 g/mol. The van der Waals surface area contributed by atoms with Gasteiger partial charge in [0.2, 0.25) is 0 Å². The lowest BCUT2D eigenvalue weighted by molar-refractivity contribution is 0.0126. The summed E-state index contributed by atoms with van der Waals surface area (Å²) in [5, 5.41) is 10.3. The number of hydrogen-bond donors (Lipinski definition) is 1. The van der Waals surface area contributed by atoms with Gasteiger partial charge in [-0.1, -0.05) is 12.1 Å². The third kappa shape index (κ3) is 6.00. The van der Waals surface area contributed by atoms with Gasteiger partial charge in [-0.05, 0) is 42.4 Å². The second-order valence-corrected chi connectivity index (χ2v) is 7.03. The molecule has 0 unspecified atom stereocenters. The number of benzene rings is 2. The summed E-state index contributed by atoms with van der Waals surface area (Å²) in [6, 6.07) is 11.6. The third-order valence-electron chi connectivity index (χ3n) is 4.61. The van der Waals surface area contributed by atoms with Gasteiger partial charge in [0.25, 0.3) is 0 Å². The molecule has 1 aliphatic heterocycles. The molecule has 29 heavy (non-hydrogen) atoms. The predicted octanol–water partition coefficient (Wildman–Crippen LogP) is 2.48. The number of nitrogens with zero attached hydrogens (tertiary/aromatic N) is 1. The number of rotatable bonds is 10. The van der Waals surface area contributed by atoms with Gasteiger partial charge >= 0.3 is 0 Å². The molecule has 2 aromatic rings. The molecule has 0 saturated carbocycles. The fourth-order valence-electron chi connectivity index (χ4n) is 3.26. The highest BCUT2D eigenvalue weighted by molar-refractivity contribution is 5.44. The zero-order valence-electron chi connectivity index (χ0n) is 17.2. The Morgan fingerprint density at radius 3 is 2.45 bits per heavy atom. The van der Waals surface area contributed by atoms with E-state index < -0.39 is 6.10 Å². The van der Waals surface area contributed by atoms with Gasteiger partial charge in [0.1, 0.15) is 13.2 Å². The molecule has 0 saturated heterocycles. The average Bonchev–Trinajstić information content (AvgIpc) is 2.73. The number of aliphatic hydroxyl groups excluding tert-OH is 1. The van der Waals surface area contributed by atoms with Gasteiger partial charge in [0, 0.05) is 13.1 Å². The van der Waals surface area contributed by atoms with Crippen LogP contribution in [-0.2, 0) is 17.9 Å². The van der Waals surface area contributed by atoms with E-state index in [9.17, 15) is 5.11 Å². The van der Waals surface area contributed by atoms with E-state index in [2.05, 4.69) is 4.90 Å². The van der Waals surface area contributed by atoms with Gasteiger partial charge in [-0.15, -0.1) is 0 Å². The number of ether oxygens (including phenoxy) is 5. The smallest absolute Gasteiger partial charge is 0.161 e. The minimum Gasteiger partial charge on any atom is -0.493 e. The van der Waals surface area contributed by atoms with Crippen LogP contribution in [0.25, 0.3) is 0 Å². The van der Waals surface area contributed by atoms with Crippen molar-refractivity contribution in [3.8, 4) is 23.0 Å². The topological polar surface area (TPSA) is 69.6 Å². The molecular weight excluding hydrogens is 374 g/mol. The maximum Gasteiger partial charge on any atom is 0.161 e. The van der Waals surface area contributed by atoms with E-state index >= 15 is 0 Å². The lowest BCUT2D eigenvalue weighted by atomic mass is 10.1. The van der Waals surface area contributed by atoms with Gasteiger partial charge in [-0.3, -0.25) is 4.90 Å². The van der Waals surface area contributed by atoms with Crippen LogP contribution in [0, 0.1) is 0 Å². The van der Waals surface area contributed by atoms with Crippen molar-refractivity contribution in [2.75, 3.05) is 47.6 Å². The van der Waals surface area contributed by atoms with Crippen LogP contribution in [0.15, 0.2) is 36.4 Å². The van der Waals surface area contributed by atoms with E-state index in [4.69, 9.17) is 23.7 Å². The highest BCUT2D eigenvalue weighted by atomic mass is 16.6. The highest BCUT2D eigenvalue weighted by Gasteiger charge is 2.14. The first-order chi connectivity index (χ1) is 14.1. The van der Waals surface area contributed by atoms with Gasteiger partial charge < -0.3 is 28.8 Å². The number of hydrogen-bond acceptors (Lipinski definition) is 7. The van der Waals surface area contributed by atoms with Gasteiger partial charge in [-0.25, -0.2) is 0 Å². The molecule has 0 fully saturated rings. The summed E-state index contributed by atoms with van der Waals surface area (Å²) in [4.78, 5) is 2.05. The van der Waals surface area contributed by atoms with Gasteiger partial charge in [0.15, 0.2) is 23.0 Å². The second-order valence-electron chi connectivity index (χ2n) is 7.03. The van der Waals surface area contributed by atoms with Crippen LogP contribution in [-0.4, -0.2) is 63.7 Å². The predicted molar refractivity (Wildman–Crippen MR) is 109 cm³/mol. The van der Waals surface area contributed by atoms with E-state index in [1.165, 1.54) is 0 Å². The summed E-state index contributed by atoms with van der Waals surface area (Å²) < 4.78 is 27.4. The van der Waals surface area contributed by atoms with E-state index in [0.717, 1.165) is 22.6 Å². The molecule has 0 bridgehead atoms. The minimum absolute atomic E-state index is 0.250. The first-order valence-corrected chi connectivity index (χ1v) is 9.63. The Kier molecular flexibility index (Phi) is 7.57. The van der Waals surface area contributed by atoms with Crippen LogP contribution in [0.1, 0.15) is 11.1 Å². The summed E-state index contributed by atoms with van der Waals surface area (Å²) in [6.07, 6.45) is -0.586. The van der Waals surface area contributed by atoms with E-state index in [1.54, 1.807) is 14.2 Å². The summed E-state index contributed by atoms with van der Waals surface area (Å²) >= 11 is 0. The lowest BCUT2D eigenvalue weighted by Gasteiger charge is -2.22. The molecule has 0 radical (unpaired) electrons. The lowest BCUT2D eigenvalue weighted by Crippen LogP contribution is -2.31. The molecule has 0 spiro atoms. The zero-order valence-corrected chi connectivity index (χ0v) is 17.2. The molecule has 1 N–H and O–H groups in total. The molecule has 2 aromatic carbocycles. The first kappa shape index (κ1) is 21.2. The molecule has 3 rings (SSSR count). The van der Waals surface area contributed by atoms with Crippen LogP contribution in [0.5, 0.6) is 23.0 Å². The Hall–Kier alpha value is -2.48. The molecule has 158 valence electrons. The van der Waals surface area contributed by atoms with Crippen molar-refractivity contribution in [1.29, 1.82) is 0 Å². The third-order valence-corrected chi connectivity index (χ3v) is 4.61. The van der Waals surface area contributed by atoms with Crippen molar-refractivity contribution in [2.45, 2.75) is 19.3 Å². The summed E-state index contributed by atoms with van der Waals surface area (Å²) in [6.45, 7) is 3.00. The largest absolute Gasteiger partial charge is 0.493 e. The van der Waals surface area contributed by atoms with Crippen LogP contribution in [0.3, 0.4) is 0 Å². The van der Waals surface area contributed by atoms with Crippen molar-refractivity contribution in [2.24, 2.45) is 0 Å². The standard InChI is InChI=1S/C22H29NO6/c1-23(12-16-4-7-20-22(10-16)29-9-8-28-20)13-18(24)15-27-14-17-5-6-19(25-2)21(11-17)26-3/h4-7,10-11,18,24H,8-9,12-15H2,1-3H3/t18-/m1/s1. The molecule has 1 heterocycles. The summed E-state index contributed by atoms with van der Waals surface area (Å²) in [7, 11) is 5.17. The van der Waals surface area contributed by atoms with Crippen LogP contribution in [0.2, 0.25) is 0 Å². The molecule has 7 nitrogen and oxygen atoms in total. The number of aliphatic hydroxyl groups is 1. The SMILES string of the molecule is COc1ccc(COC[C@H](O)CN(C)Cc2ccc3c(c2)OCCO3)cc1OC. The van der Waals surface area contributed by atoms with Crippen molar-refractivity contribution in [1.82, 2.24) is 4.90 Å². The summed E-state index contributed by atoms with van der Waals surface area (Å²) in [5.41, 5.74) is 2.06. The molecule has 0 aromatic heterocycles. The quantitative estimate of drug-likeness (QED) is 0.654. The normalized spacial score (nSPS) is 14.0. The molecule has 7 heteroatoms. The number of likely N-dealkylation sites (N-methyl/N-ethyl adjacent to an activating group) is 1. The molecular formula is C22H29NO6. The molecule has 1 atom stereocenters. The molecule has 0 amide bonds. The maximum absolute atomic E-state index is 10.3. The van der Waals surface area contributed by atoms with E-state index in [-0.39, 0.29) is 6.61 Å². The first-order valence-electron chi connectivity index (χ1n) is 9.63. The van der Waals surface area contributed by atoms with Crippen molar-refractivity contribution < 1.29 is 28.8 Å². The monoisotopic (exact) mass is 403 g/mol. The molecule has 1 aliphatic rings.